The van der Waals surface area contributed by atoms with Crippen molar-refractivity contribution in [3.8, 4) is 5.69 Å². The number of benzene rings is 1. The molecule has 116 valence electrons. The van der Waals surface area contributed by atoms with E-state index in [1.165, 1.54) is 12.8 Å². The number of nitrogens with zero attached hydrogens (tertiary/aromatic N) is 4. The molecule has 0 saturated heterocycles. The van der Waals surface area contributed by atoms with Crippen LogP contribution in [0, 0.1) is 6.92 Å². The van der Waals surface area contributed by atoms with E-state index in [4.69, 9.17) is 0 Å². The lowest BCUT2D eigenvalue weighted by Gasteiger charge is -2.05. The van der Waals surface area contributed by atoms with Crippen molar-refractivity contribution in [1.29, 1.82) is 0 Å². The summed E-state index contributed by atoms with van der Waals surface area (Å²) in [5.41, 5.74) is 3.65. The second-order valence-corrected chi connectivity index (χ2v) is 5.76. The van der Waals surface area contributed by atoms with E-state index in [-0.39, 0.29) is 5.91 Å². The smallest absolute Gasteiger partial charge is 0.256 e. The summed E-state index contributed by atoms with van der Waals surface area (Å²) >= 11 is 0. The fourth-order valence-corrected chi connectivity index (χ4v) is 2.60. The number of anilines is 1. The third-order valence-corrected chi connectivity index (χ3v) is 4.11. The summed E-state index contributed by atoms with van der Waals surface area (Å²) in [6.07, 6.45) is 5.62. The number of H-pyrrole nitrogens is 1. The van der Waals surface area contributed by atoms with Crippen molar-refractivity contribution >= 4 is 11.7 Å². The van der Waals surface area contributed by atoms with Gasteiger partial charge >= 0.3 is 0 Å². The van der Waals surface area contributed by atoms with Crippen LogP contribution in [0.25, 0.3) is 5.69 Å². The lowest BCUT2D eigenvalue weighted by atomic mass is 10.1. The van der Waals surface area contributed by atoms with Crippen molar-refractivity contribution in [2.45, 2.75) is 25.7 Å². The van der Waals surface area contributed by atoms with Gasteiger partial charge in [-0.3, -0.25) is 14.5 Å². The van der Waals surface area contributed by atoms with Crippen LogP contribution in [0.2, 0.25) is 0 Å². The Morgan fingerprint density at radius 2 is 1.91 bits per heavy atom. The monoisotopic (exact) mass is 308 g/mol. The second kappa shape index (κ2) is 5.35. The fourth-order valence-electron chi connectivity index (χ4n) is 2.60. The highest BCUT2D eigenvalue weighted by Gasteiger charge is 2.28. The molecule has 0 radical (unpaired) electrons. The maximum atomic E-state index is 12.4. The van der Waals surface area contributed by atoms with Crippen molar-refractivity contribution in [2.75, 3.05) is 5.32 Å². The highest BCUT2D eigenvalue weighted by atomic mass is 16.1. The Kier molecular flexibility index (Phi) is 3.18. The minimum absolute atomic E-state index is 0.169. The zero-order chi connectivity index (χ0) is 15.8. The lowest BCUT2D eigenvalue weighted by Crippen LogP contribution is -2.13. The van der Waals surface area contributed by atoms with Gasteiger partial charge in [0, 0.05) is 28.4 Å². The highest BCUT2D eigenvalue weighted by Crippen LogP contribution is 2.41. The van der Waals surface area contributed by atoms with Crippen molar-refractivity contribution in [3.05, 3.63) is 53.7 Å². The average molecular weight is 308 g/mol. The van der Waals surface area contributed by atoms with E-state index in [1.807, 2.05) is 19.1 Å². The molecule has 2 heterocycles. The largest absolute Gasteiger partial charge is 0.305 e. The first-order valence-corrected chi connectivity index (χ1v) is 7.53. The molecule has 0 bridgehead atoms. The minimum atomic E-state index is -0.169. The van der Waals surface area contributed by atoms with Crippen LogP contribution in [-0.4, -0.2) is 30.9 Å². The molecule has 2 aromatic heterocycles. The van der Waals surface area contributed by atoms with Gasteiger partial charge in [0.2, 0.25) is 0 Å². The highest BCUT2D eigenvalue weighted by molar-refractivity contribution is 6.04. The minimum Gasteiger partial charge on any atom is -0.305 e. The standard InChI is InChI=1S/C16H16N6O/c1-10-14(11-2-3-11)20-21-15(10)19-16(23)12-4-6-13(7-5-12)22-8-17-18-9-22/h4-9,11H,2-3H2,1H3,(H2,19,20,21,23). The van der Waals surface area contributed by atoms with E-state index in [1.54, 1.807) is 29.4 Å². The maximum absolute atomic E-state index is 12.4. The molecule has 1 saturated carbocycles. The average Bonchev–Trinajstić information content (AvgIpc) is 3.13. The van der Waals surface area contributed by atoms with Crippen LogP contribution < -0.4 is 5.32 Å². The maximum Gasteiger partial charge on any atom is 0.256 e. The number of nitrogens with one attached hydrogen (secondary N) is 2. The molecule has 0 unspecified atom stereocenters. The van der Waals surface area contributed by atoms with Gasteiger partial charge < -0.3 is 5.32 Å². The molecule has 0 aliphatic heterocycles. The summed E-state index contributed by atoms with van der Waals surface area (Å²) in [6, 6.07) is 7.25. The molecule has 7 nitrogen and oxygen atoms in total. The number of carbonyl (C=O) groups is 1. The summed E-state index contributed by atoms with van der Waals surface area (Å²) < 4.78 is 1.78. The first-order chi connectivity index (χ1) is 11.2. The van der Waals surface area contributed by atoms with E-state index in [0.29, 0.717) is 17.3 Å². The van der Waals surface area contributed by atoms with E-state index in [0.717, 1.165) is 16.9 Å². The number of rotatable bonds is 4. The zero-order valence-corrected chi connectivity index (χ0v) is 12.7. The Bertz CT molecular complexity index is 830. The van der Waals surface area contributed by atoms with Crippen molar-refractivity contribution < 1.29 is 4.79 Å². The molecule has 0 atom stereocenters. The lowest BCUT2D eigenvalue weighted by molar-refractivity contribution is 0.102. The Labute approximate surface area is 132 Å². The van der Waals surface area contributed by atoms with Crippen LogP contribution in [-0.2, 0) is 0 Å². The third kappa shape index (κ3) is 2.61. The summed E-state index contributed by atoms with van der Waals surface area (Å²) in [5, 5.41) is 17.7. The van der Waals surface area contributed by atoms with Crippen molar-refractivity contribution in [2.24, 2.45) is 0 Å². The van der Waals surface area contributed by atoms with E-state index < -0.39 is 0 Å². The summed E-state index contributed by atoms with van der Waals surface area (Å²) in [6.45, 7) is 1.99. The molecule has 1 aliphatic rings. The van der Waals surface area contributed by atoms with Crippen LogP contribution in [0.15, 0.2) is 36.9 Å². The number of hydrogen-bond donors (Lipinski definition) is 2. The molecule has 1 fully saturated rings. The van der Waals surface area contributed by atoms with Gasteiger partial charge in [0.1, 0.15) is 12.7 Å². The Balaban J connectivity index is 1.50. The van der Waals surface area contributed by atoms with Gasteiger partial charge in [-0.15, -0.1) is 10.2 Å². The molecule has 7 heteroatoms. The van der Waals surface area contributed by atoms with Crippen LogP contribution >= 0.6 is 0 Å². The topological polar surface area (TPSA) is 88.5 Å². The van der Waals surface area contributed by atoms with Crippen molar-refractivity contribution in [3.63, 3.8) is 0 Å². The first-order valence-electron chi connectivity index (χ1n) is 7.53. The van der Waals surface area contributed by atoms with Crippen molar-refractivity contribution in [1.82, 2.24) is 25.0 Å². The van der Waals surface area contributed by atoms with E-state index in [9.17, 15) is 4.79 Å². The Morgan fingerprint density at radius 3 is 2.57 bits per heavy atom. The number of hydrogen-bond acceptors (Lipinski definition) is 4. The van der Waals surface area contributed by atoms with Crippen LogP contribution in [0.1, 0.15) is 40.4 Å². The molecular formula is C16H16N6O. The molecule has 3 aromatic rings. The summed E-state index contributed by atoms with van der Waals surface area (Å²) in [7, 11) is 0. The molecule has 0 spiro atoms. The second-order valence-electron chi connectivity index (χ2n) is 5.76. The zero-order valence-electron chi connectivity index (χ0n) is 12.7. The molecular weight excluding hydrogens is 292 g/mol. The third-order valence-electron chi connectivity index (χ3n) is 4.11. The van der Waals surface area contributed by atoms with Gasteiger partial charge in [0.25, 0.3) is 5.91 Å². The molecule has 4 rings (SSSR count). The quantitative estimate of drug-likeness (QED) is 0.774. The summed E-state index contributed by atoms with van der Waals surface area (Å²) in [4.78, 5) is 12.4. The fraction of sp³-hybridized carbons (Fsp3) is 0.250. The predicted molar refractivity (Wildman–Crippen MR) is 84.6 cm³/mol. The van der Waals surface area contributed by atoms with Gasteiger partial charge in [-0.2, -0.15) is 5.10 Å². The van der Waals surface area contributed by atoms with Gasteiger partial charge in [0.05, 0.1) is 0 Å². The predicted octanol–water partition coefficient (Wildman–Crippen LogP) is 2.43. The molecule has 1 amide bonds. The normalized spacial score (nSPS) is 14.0. The van der Waals surface area contributed by atoms with Gasteiger partial charge in [-0.05, 0) is 44.0 Å². The summed E-state index contributed by atoms with van der Waals surface area (Å²) in [5.74, 6) is 1.02. The number of aromatic amines is 1. The SMILES string of the molecule is Cc1c(NC(=O)c2ccc(-n3cnnc3)cc2)n[nH]c1C1CC1. The van der Waals surface area contributed by atoms with Crippen LogP contribution in [0.5, 0.6) is 0 Å². The van der Waals surface area contributed by atoms with E-state index >= 15 is 0 Å². The van der Waals surface area contributed by atoms with E-state index in [2.05, 4.69) is 25.7 Å². The van der Waals surface area contributed by atoms with Gasteiger partial charge in [0.15, 0.2) is 5.82 Å². The molecule has 1 aliphatic carbocycles. The van der Waals surface area contributed by atoms with Crippen LogP contribution in [0.4, 0.5) is 5.82 Å². The number of aromatic nitrogens is 5. The Hall–Kier alpha value is -2.96. The molecule has 2 N–H and O–H groups in total. The number of carbonyl (C=O) groups excluding carboxylic acids is 1. The van der Waals surface area contributed by atoms with Gasteiger partial charge in [-0.25, -0.2) is 0 Å². The van der Waals surface area contributed by atoms with Gasteiger partial charge in [-0.1, -0.05) is 0 Å². The Morgan fingerprint density at radius 1 is 1.22 bits per heavy atom. The van der Waals surface area contributed by atoms with Crippen LogP contribution in [0.3, 0.4) is 0 Å². The molecule has 23 heavy (non-hydrogen) atoms. The molecule has 1 aromatic carbocycles. The first kappa shape index (κ1) is 13.7. The number of amides is 1.